The van der Waals surface area contributed by atoms with Crippen LogP contribution >= 0.6 is 0 Å². The molecule has 1 aliphatic rings. The van der Waals surface area contributed by atoms with E-state index in [-0.39, 0.29) is 12.0 Å². The number of rotatable bonds is 4. The van der Waals surface area contributed by atoms with E-state index in [4.69, 9.17) is 4.74 Å². The molecule has 0 unspecified atom stereocenters. The molecule has 1 rings (SSSR count). The number of amides is 1. The van der Waals surface area contributed by atoms with E-state index in [2.05, 4.69) is 6.92 Å². The lowest BCUT2D eigenvalue weighted by Gasteiger charge is -2.32. The van der Waals surface area contributed by atoms with Crippen LogP contribution in [0.25, 0.3) is 0 Å². The third kappa shape index (κ3) is 5.62. The molecule has 0 bridgehead atoms. The molecule has 1 saturated heterocycles. The van der Waals surface area contributed by atoms with Crippen molar-refractivity contribution in [2.24, 2.45) is 5.92 Å². The van der Waals surface area contributed by atoms with E-state index in [1.165, 1.54) is 0 Å². The smallest absolute Gasteiger partial charge is 0.410 e. The van der Waals surface area contributed by atoms with Gasteiger partial charge in [0.25, 0.3) is 0 Å². The molecule has 0 aromatic heterocycles. The van der Waals surface area contributed by atoms with Gasteiger partial charge in [-0.1, -0.05) is 13.3 Å². The third-order valence-corrected chi connectivity index (χ3v) is 3.38. The van der Waals surface area contributed by atoms with Crippen LogP contribution in [-0.2, 0) is 9.53 Å². The number of carbonyl (C=O) groups excluding carboxylic acids is 2. The molecule has 1 heterocycles. The molecule has 0 atom stereocenters. The molecule has 0 aliphatic carbocycles. The summed E-state index contributed by atoms with van der Waals surface area (Å²) in [7, 11) is 0. The van der Waals surface area contributed by atoms with Gasteiger partial charge in [0.15, 0.2) is 0 Å². The first-order valence-corrected chi connectivity index (χ1v) is 7.34. The molecule has 0 aromatic carbocycles. The Morgan fingerprint density at radius 1 is 1.21 bits per heavy atom. The fourth-order valence-electron chi connectivity index (χ4n) is 2.27. The number of ketones is 1. The Kier molecular flexibility index (Phi) is 5.83. The summed E-state index contributed by atoms with van der Waals surface area (Å²) >= 11 is 0. The molecular formula is C15H27NO3. The maximum absolute atomic E-state index is 11.9. The first-order chi connectivity index (χ1) is 8.83. The van der Waals surface area contributed by atoms with Crippen LogP contribution in [0.2, 0.25) is 0 Å². The van der Waals surface area contributed by atoms with Crippen molar-refractivity contribution in [3.63, 3.8) is 0 Å². The normalized spacial score (nSPS) is 17.4. The molecule has 19 heavy (non-hydrogen) atoms. The van der Waals surface area contributed by atoms with Crippen molar-refractivity contribution in [1.29, 1.82) is 0 Å². The van der Waals surface area contributed by atoms with Gasteiger partial charge in [0, 0.05) is 25.4 Å². The van der Waals surface area contributed by atoms with Crippen LogP contribution in [0, 0.1) is 5.92 Å². The van der Waals surface area contributed by atoms with Crippen molar-refractivity contribution in [3.8, 4) is 0 Å². The molecule has 1 aliphatic heterocycles. The van der Waals surface area contributed by atoms with Crippen LogP contribution in [0.5, 0.6) is 0 Å². The van der Waals surface area contributed by atoms with Crippen LogP contribution in [-0.4, -0.2) is 35.5 Å². The first-order valence-electron chi connectivity index (χ1n) is 7.34. The van der Waals surface area contributed by atoms with Gasteiger partial charge in [-0.3, -0.25) is 4.79 Å². The fraction of sp³-hybridized carbons (Fsp3) is 0.867. The summed E-state index contributed by atoms with van der Waals surface area (Å²) < 4.78 is 5.34. The maximum Gasteiger partial charge on any atom is 0.410 e. The van der Waals surface area contributed by atoms with Gasteiger partial charge in [-0.25, -0.2) is 4.79 Å². The Balaban J connectivity index is 2.36. The number of ether oxygens (including phenoxy) is 1. The molecule has 4 heteroatoms. The van der Waals surface area contributed by atoms with Crippen molar-refractivity contribution >= 4 is 11.9 Å². The second kappa shape index (κ2) is 6.92. The second-order valence-corrected chi connectivity index (χ2v) is 6.31. The Morgan fingerprint density at radius 3 is 2.26 bits per heavy atom. The quantitative estimate of drug-likeness (QED) is 0.786. The number of unbranched alkanes of at least 4 members (excludes halogenated alkanes) is 1. The van der Waals surface area contributed by atoms with Crippen molar-refractivity contribution in [1.82, 2.24) is 4.90 Å². The van der Waals surface area contributed by atoms with Crippen molar-refractivity contribution in [3.05, 3.63) is 0 Å². The van der Waals surface area contributed by atoms with Crippen molar-refractivity contribution in [2.45, 2.75) is 65.4 Å². The zero-order valence-corrected chi connectivity index (χ0v) is 12.7. The third-order valence-electron chi connectivity index (χ3n) is 3.38. The molecule has 1 amide bonds. The monoisotopic (exact) mass is 269 g/mol. The summed E-state index contributed by atoms with van der Waals surface area (Å²) in [5.41, 5.74) is -0.453. The Bertz CT molecular complexity index is 312. The van der Waals surface area contributed by atoms with Gasteiger partial charge >= 0.3 is 6.09 Å². The predicted molar refractivity (Wildman–Crippen MR) is 75.1 cm³/mol. The minimum atomic E-state index is -0.453. The van der Waals surface area contributed by atoms with E-state index in [9.17, 15) is 9.59 Å². The largest absolute Gasteiger partial charge is 0.444 e. The van der Waals surface area contributed by atoms with E-state index < -0.39 is 5.60 Å². The van der Waals surface area contributed by atoms with E-state index in [0.717, 1.165) is 25.7 Å². The van der Waals surface area contributed by atoms with Gasteiger partial charge in [-0.15, -0.1) is 0 Å². The van der Waals surface area contributed by atoms with Crippen LogP contribution in [0.1, 0.15) is 59.8 Å². The number of hydrogen-bond donors (Lipinski definition) is 0. The average Bonchev–Trinajstić information content (AvgIpc) is 2.34. The lowest BCUT2D eigenvalue weighted by atomic mass is 9.90. The molecule has 0 spiro atoms. The maximum atomic E-state index is 11.9. The predicted octanol–water partition coefficient (Wildman–Crippen LogP) is 3.39. The van der Waals surface area contributed by atoms with Crippen LogP contribution in [0.4, 0.5) is 4.79 Å². The van der Waals surface area contributed by atoms with E-state index in [0.29, 0.717) is 25.3 Å². The van der Waals surface area contributed by atoms with Gasteiger partial charge < -0.3 is 9.64 Å². The highest BCUT2D eigenvalue weighted by Gasteiger charge is 2.29. The number of Topliss-reactive ketones (excluding diaryl/α,β-unsaturated/α-hetero) is 1. The van der Waals surface area contributed by atoms with E-state index >= 15 is 0 Å². The fourth-order valence-corrected chi connectivity index (χ4v) is 2.27. The highest BCUT2D eigenvalue weighted by atomic mass is 16.6. The Hall–Kier alpha value is -1.06. The van der Waals surface area contributed by atoms with Crippen molar-refractivity contribution < 1.29 is 14.3 Å². The summed E-state index contributed by atoms with van der Waals surface area (Å²) in [6.45, 7) is 8.97. The standard InChI is InChI=1S/C15H27NO3/c1-5-6-7-13(17)12-8-10-16(11-9-12)14(18)19-15(2,3)4/h12H,5-11H2,1-4H3. The summed E-state index contributed by atoms with van der Waals surface area (Å²) in [5, 5.41) is 0. The lowest BCUT2D eigenvalue weighted by molar-refractivity contribution is -0.124. The molecular weight excluding hydrogens is 242 g/mol. The summed E-state index contributed by atoms with van der Waals surface area (Å²) in [6.07, 6.45) is 4.03. The van der Waals surface area contributed by atoms with Gasteiger partial charge in [-0.05, 0) is 40.0 Å². The lowest BCUT2D eigenvalue weighted by Crippen LogP contribution is -2.42. The molecule has 0 saturated carbocycles. The van der Waals surface area contributed by atoms with Gasteiger partial charge in [0.1, 0.15) is 11.4 Å². The molecule has 0 radical (unpaired) electrons. The first kappa shape index (κ1) is 16.0. The zero-order chi connectivity index (χ0) is 14.5. The summed E-state index contributed by atoms with van der Waals surface area (Å²) in [5.74, 6) is 0.510. The van der Waals surface area contributed by atoms with Gasteiger partial charge in [0.05, 0.1) is 0 Å². The van der Waals surface area contributed by atoms with E-state index in [1.807, 2.05) is 20.8 Å². The number of nitrogens with zero attached hydrogens (tertiary/aromatic N) is 1. The minimum absolute atomic E-state index is 0.144. The zero-order valence-electron chi connectivity index (χ0n) is 12.7. The number of carbonyl (C=O) groups is 2. The van der Waals surface area contributed by atoms with E-state index in [1.54, 1.807) is 4.90 Å². The van der Waals surface area contributed by atoms with Crippen LogP contribution in [0.15, 0.2) is 0 Å². The number of hydrogen-bond acceptors (Lipinski definition) is 3. The Labute approximate surface area is 116 Å². The number of piperidine rings is 1. The number of likely N-dealkylation sites (tertiary alicyclic amines) is 1. The highest BCUT2D eigenvalue weighted by Crippen LogP contribution is 2.22. The van der Waals surface area contributed by atoms with Crippen molar-refractivity contribution in [2.75, 3.05) is 13.1 Å². The van der Waals surface area contributed by atoms with Gasteiger partial charge in [-0.2, -0.15) is 0 Å². The molecule has 4 nitrogen and oxygen atoms in total. The second-order valence-electron chi connectivity index (χ2n) is 6.31. The molecule has 0 aromatic rings. The Morgan fingerprint density at radius 2 is 1.79 bits per heavy atom. The van der Waals surface area contributed by atoms with Crippen LogP contribution < -0.4 is 0 Å². The minimum Gasteiger partial charge on any atom is -0.444 e. The van der Waals surface area contributed by atoms with Gasteiger partial charge in [0.2, 0.25) is 0 Å². The molecule has 110 valence electrons. The topological polar surface area (TPSA) is 46.6 Å². The van der Waals surface area contributed by atoms with Crippen LogP contribution in [0.3, 0.4) is 0 Å². The average molecular weight is 269 g/mol. The summed E-state index contributed by atoms with van der Waals surface area (Å²) in [6, 6.07) is 0. The molecule has 1 fully saturated rings. The SMILES string of the molecule is CCCCC(=O)C1CCN(C(=O)OC(C)(C)C)CC1. The molecule has 0 N–H and O–H groups in total. The highest BCUT2D eigenvalue weighted by molar-refractivity contribution is 5.81. The summed E-state index contributed by atoms with van der Waals surface area (Å²) in [4.78, 5) is 25.5.